The van der Waals surface area contributed by atoms with E-state index >= 15 is 0 Å². The molecule has 1 heterocycles. The van der Waals surface area contributed by atoms with E-state index in [1.54, 1.807) is 24.1 Å². The van der Waals surface area contributed by atoms with Gasteiger partial charge < -0.3 is 9.64 Å². The van der Waals surface area contributed by atoms with Crippen LogP contribution in [0.15, 0.2) is 65.6 Å². The van der Waals surface area contributed by atoms with Crippen LogP contribution in [0.3, 0.4) is 0 Å². The smallest absolute Gasteiger partial charge is 0.244 e. The summed E-state index contributed by atoms with van der Waals surface area (Å²) in [6, 6.07) is 19.9. The van der Waals surface area contributed by atoms with Crippen molar-refractivity contribution in [2.75, 3.05) is 33.3 Å². The first-order valence-electron chi connectivity index (χ1n) is 10.7. The number of carbonyl (C=O) groups excluding carboxylic acids is 1. The lowest BCUT2D eigenvalue weighted by Crippen LogP contribution is -2.51. The Balaban J connectivity index is 1.46. The van der Waals surface area contributed by atoms with Crippen molar-refractivity contribution in [2.45, 2.75) is 17.7 Å². The molecule has 0 aromatic heterocycles. The second-order valence-corrected chi connectivity index (χ2v) is 9.94. The zero-order chi connectivity index (χ0) is 23.6. The lowest BCUT2D eigenvalue weighted by molar-refractivity contribution is -0.133. The number of amides is 1. The first kappa shape index (κ1) is 22.8. The maximum atomic E-state index is 13.2. The van der Waals surface area contributed by atoms with Gasteiger partial charge in [-0.15, -0.1) is 0 Å². The number of hydrogen-bond donors (Lipinski definition) is 0. The number of hydrogen-bond acceptors (Lipinski definition) is 5. The predicted octanol–water partition coefficient (Wildman–Crippen LogP) is 3.36. The third-order valence-corrected chi connectivity index (χ3v) is 8.07. The summed E-state index contributed by atoms with van der Waals surface area (Å²) in [6.07, 6.45) is 0. The van der Waals surface area contributed by atoms with Gasteiger partial charge in [-0.1, -0.05) is 36.4 Å². The van der Waals surface area contributed by atoms with Gasteiger partial charge in [0.1, 0.15) is 11.8 Å². The Kier molecular flexibility index (Phi) is 6.36. The first-order chi connectivity index (χ1) is 15.8. The van der Waals surface area contributed by atoms with Crippen molar-refractivity contribution in [2.24, 2.45) is 0 Å². The minimum absolute atomic E-state index is 0.00781. The van der Waals surface area contributed by atoms with Crippen molar-refractivity contribution >= 4 is 26.7 Å². The zero-order valence-corrected chi connectivity index (χ0v) is 19.4. The molecule has 0 saturated carbocycles. The van der Waals surface area contributed by atoms with E-state index in [2.05, 4.69) is 0 Å². The zero-order valence-electron chi connectivity index (χ0n) is 18.6. The van der Waals surface area contributed by atoms with Crippen LogP contribution in [-0.4, -0.2) is 56.8 Å². The van der Waals surface area contributed by atoms with Gasteiger partial charge in [0.05, 0.1) is 23.5 Å². The lowest BCUT2D eigenvalue weighted by Gasteiger charge is -2.35. The normalized spacial score (nSPS) is 15.7. The van der Waals surface area contributed by atoms with Crippen molar-refractivity contribution in [3.8, 4) is 11.8 Å². The van der Waals surface area contributed by atoms with E-state index in [-0.39, 0.29) is 35.4 Å². The summed E-state index contributed by atoms with van der Waals surface area (Å²) >= 11 is 0. The van der Waals surface area contributed by atoms with Gasteiger partial charge in [0.2, 0.25) is 15.9 Å². The van der Waals surface area contributed by atoms with E-state index in [4.69, 9.17) is 4.74 Å². The predicted molar refractivity (Wildman–Crippen MR) is 125 cm³/mol. The summed E-state index contributed by atoms with van der Waals surface area (Å²) < 4.78 is 32.7. The lowest BCUT2D eigenvalue weighted by atomic mass is 9.96. The summed E-state index contributed by atoms with van der Waals surface area (Å²) in [5.74, 6) is 0.404. The minimum Gasteiger partial charge on any atom is -0.497 e. The van der Waals surface area contributed by atoms with E-state index in [9.17, 15) is 18.5 Å². The Morgan fingerprint density at radius 2 is 1.67 bits per heavy atom. The van der Waals surface area contributed by atoms with Crippen molar-refractivity contribution in [3.63, 3.8) is 0 Å². The topological polar surface area (TPSA) is 90.7 Å². The van der Waals surface area contributed by atoms with Gasteiger partial charge in [-0.25, -0.2) is 8.42 Å². The van der Waals surface area contributed by atoms with Gasteiger partial charge in [0, 0.05) is 26.2 Å². The third kappa shape index (κ3) is 4.42. The average Bonchev–Trinajstić information content (AvgIpc) is 2.87. The van der Waals surface area contributed by atoms with Crippen LogP contribution in [0, 0.1) is 11.3 Å². The monoisotopic (exact) mass is 463 g/mol. The fraction of sp³-hybridized carbons (Fsp3) is 0.280. The van der Waals surface area contributed by atoms with Crippen LogP contribution in [0.1, 0.15) is 24.0 Å². The molecule has 33 heavy (non-hydrogen) atoms. The van der Waals surface area contributed by atoms with Gasteiger partial charge in [-0.2, -0.15) is 9.57 Å². The number of fused-ring (bicyclic) bond motifs is 1. The fourth-order valence-electron chi connectivity index (χ4n) is 4.13. The molecule has 4 rings (SSSR count). The Hall–Kier alpha value is -3.41. The van der Waals surface area contributed by atoms with E-state index in [1.165, 1.54) is 16.4 Å². The second-order valence-electron chi connectivity index (χ2n) is 8.03. The molecule has 1 amide bonds. The van der Waals surface area contributed by atoms with Crippen LogP contribution in [-0.2, 0) is 14.8 Å². The molecule has 3 aromatic carbocycles. The summed E-state index contributed by atoms with van der Waals surface area (Å²) in [6.45, 7) is 2.87. The van der Waals surface area contributed by atoms with Crippen LogP contribution < -0.4 is 4.74 Å². The molecule has 7 nitrogen and oxygen atoms in total. The molecule has 0 N–H and O–H groups in total. The Morgan fingerprint density at radius 1 is 1.00 bits per heavy atom. The van der Waals surface area contributed by atoms with Crippen molar-refractivity contribution in [1.29, 1.82) is 5.26 Å². The summed E-state index contributed by atoms with van der Waals surface area (Å²) in [5.41, 5.74) is 1.04. The number of ether oxygens (including phenoxy) is 1. The number of carbonyl (C=O) groups is 1. The van der Waals surface area contributed by atoms with Gasteiger partial charge in [-0.05, 0) is 47.5 Å². The Morgan fingerprint density at radius 3 is 2.36 bits per heavy atom. The number of nitriles is 1. The molecule has 1 aliphatic rings. The molecular weight excluding hydrogens is 438 g/mol. The van der Waals surface area contributed by atoms with Crippen LogP contribution in [0.5, 0.6) is 5.75 Å². The molecule has 8 heteroatoms. The van der Waals surface area contributed by atoms with Crippen LogP contribution in [0.4, 0.5) is 0 Å². The highest BCUT2D eigenvalue weighted by Gasteiger charge is 2.33. The van der Waals surface area contributed by atoms with Crippen molar-refractivity contribution in [3.05, 3.63) is 71.8 Å². The van der Waals surface area contributed by atoms with E-state index in [1.807, 2.05) is 49.4 Å². The second kappa shape index (κ2) is 9.22. The summed E-state index contributed by atoms with van der Waals surface area (Å²) in [5, 5.41) is 11.3. The number of piperazine rings is 1. The number of methoxy groups -OCH3 is 1. The highest BCUT2D eigenvalue weighted by Crippen LogP contribution is 2.27. The molecule has 1 aliphatic heterocycles. The fourth-order valence-corrected chi connectivity index (χ4v) is 5.69. The maximum absolute atomic E-state index is 13.2. The molecule has 0 radical (unpaired) electrons. The van der Waals surface area contributed by atoms with Gasteiger partial charge in [-0.3, -0.25) is 4.79 Å². The van der Waals surface area contributed by atoms with Crippen LogP contribution in [0.2, 0.25) is 0 Å². The number of sulfonamides is 1. The molecule has 1 saturated heterocycles. The van der Waals surface area contributed by atoms with Crippen molar-refractivity contribution in [1.82, 2.24) is 9.21 Å². The molecule has 1 fully saturated rings. The largest absolute Gasteiger partial charge is 0.497 e. The van der Waals surface area contributed by atoms with Crippen LogP contribution in [0.25, 0.3) is 10.8 Å². The maximum Gasteiger partial charge on any atom is 0.244 e. The number of rotatable bonds is 5. The molecular formula is C25H25N3O4S. The highest BCUT2D eigenvalue weighted by atomic mass is 32.2. The highest BCUT2D eigenvalue weighted by molar-refractivity contribution is 7.89. The Bertz CT molecular complexity index is 1340. The average molecular weight is 464 g/mol. The van der Waals surface area contributed by atoms with E-state index < -0.39 is 10.0 Å². The first-order valence-corrected chi connectivity index (χ1v) is 12.1. The summed E-state index contributed by atoms with van der Waals surface area (Å²) in [7, 11) is -2.17. The molecule has 1 atom stereocenters. The molecule has 0 aliphatic carbocycles. The van der Waals surface area contributed by atoms with Gasteiger partial charge >= 0.3 is 0 Å². The standard InChI is InChI=1S/C25H25N3O4S/c1-18(19-7-8-21-16-23(32-2)10-9-20(21)15-19)25(29)27-11-13-28(14-12-27)33(30,31)24-6-4-3-5-22(24)17-26/h3-10,15-16,18H,11-14H2,1-2H3/t18-/m1/s1. The van der Waals surface area contributed by atoms with Crippen molar-refractivity contribution < 1.29 is 17.9 Å². The minimum atomic E-state index is -3.79. The van der Waals surface area contributed by atoms with E-state index in [0.717, 1.165) is 22.1 Å². The number of nitrogens with zero attached hydrogens (tertiary/aromatic N) is 3. The quantitative estimate of drug-likeness (QED) is 0.579. The molecule has 170 valence electrons. The molecule has 0 bridgehead atoms. The molecule has 0 unspecified atom stereocenters. The third-order valence-electron chi connectivity index (χ3n) is 6.12. The van der Waals surface area contributed by atoms with Gasteiger partial charge in [0.15, 0.2) is 0 Å². The SMILES string of the molecule is COc1ccc2cc([C@@H](C)C(=O)N3CCN(S(=O)(=O)c4ccccc4C#N)CC3)ccc2c1. The van der Waals surface area contributed by atoms with Crippen LogP contribution >= 0.6 is 0 Å². The molecule has 3 aromatic rings. The molecule has 0 spiro atoms. The van der Waals surface area contributed by atoms with E-state index in [0.29, 0.717) is 13.1 Å². The van der Waals surface area contributed by atoms with Gasteiger partial charge in [0.25, 0.3) is 0 Å². The summed E-state index contributed by atoms with van der Waals surface area (Å²) in [4.78, 5) is 14.9. The number of benzene rings is 3. The Labute approximate surface area is 193 Å².